The second kappa shape index (κ2) is 5.67. The van der Waals surface area contributed by atoms with Gasteiger partial charge in [0, 0.05) is 16.8 Å². The van der Waals surface area contributed by atoms with Crippen LogP contribution in [0.4, 0.5) is 0 Å². The summed E-state index contributed by atoms with van der Waals surface area (Å²) in [7, 11) is -3.51. The zero-order chi connectivity index (χ0) is 14.0. The summed E-state index contributed by atoms with van der Waals surface area (Å²) >= 11 is 17.4. The van der Waals surface area contributed by atoms with Crippen molar-refractivity contribution in [1.82, 2.24) is 4.98 Å². The molecular weight excluding hydrogens is 329 g/mol. The monoisotopic (exact) mass is 335 g/mol. The Morgan fingerprint density at radius 1 is 1.00 bits per heavy atom. The van der Waals surface area contributed by atoms with Crippen LogP contribution in [-0.2, 0) is 15.6 Å². The van der Waals surface area contributed by atoms with Gasteiger partial charge in [-0.25, -0.2) is 13.4 Å². The molecule has 0 bridgehead atoms. The van der Waals surface area contributed by atoms with E-state index in [1.807, 2.05) is 0 Å². The van der Waals surface area contributed by atoms with Crippen LogP contribution in [0.25, 0.3) is 0 Å². The lowest BCUT2D eigenvalue weighted by atomic mass is 10.3. The molecule has 0 fully saturated rings. The molecule has 1 aromatic carbocycles. The van der Waals surface area contributed by atoms with E-state index in [-0.39, 0.29) is 15.8 Å². The van der Waals surface area contributed by atoms with Crippen LogP contribution in [0.2, 0.25) is 15.2 Å². The van der Waals surface area contributed by atoms with Gasteiger partial charge in [0.2, 0.25) is 0 Å². The van der Waals surface area contributed by atoms with Gasteiger partial charge in [-0.05, 0) is 30.3 Å². The summed E-state index contributed by atoms with van der Waals surface area (Å²) in [4.78, 5) is 3.99. The lowest BCUT2D eigenvalue weighted by Crippen LogP contribution is -2.05. The molecule has 0 saturated carbocycles. The van der Waals surface area contributed by atoms with Crippen LogP contribution in [0, 0.1) is 0 Å². The first-order valence-electron chi connectivity index (χ1n) is 5.17. The van der Waals surface area contributed by atoms with Gasteiger partial charge in [-0.2, -0.15) is 0 Å². The normalized spacial score (nSPS) is 11.5. The van der Waals surface area contributed by atoms with Crippen LogP contribution in [0.1, 0.15) is 5.56 Å². The minimum Gasteiger partial charge on any atom is -0.243 e. The van der Waals surface area contributed by atoms with Crippen molar-refractivity contribution < 1.29 is 8.42 Å². The van der Waals surface area contributed by atoms with Crippen molar-refractivity contribution in [3.63, 3.8) is 0 Å². The molecule has 2 aromatic rings. The average Bonchev–Trinajstić information content (AvgIpc) is 2.34. The fourth-order valence-electron chi connectivity index (χ4n) is 1.50. The smallest absolute Gasteiger partial charge is 0.182 e. The summed E-state index contributed by atoms with van der Waals surface area (Å²) in [5.74, 6) is -0.263. The molecule has 1 heterocycles. The summed E-state index contributed by atoms with van der Waals surface area (Å²) in [5.41, 5.74) is 0.365. The number of hydrogen-bond donors (Lipinski definition) is 0. The summed E-state index contributed by atoms with van der Waals surface area (Å²) in [6.45, 7) is 0. The molecule has 0 aliphatic heterocycles. The molecule has 0 radical (unpaired) electrons. The highest BCUT2D eigenvalue weighted by Crippen LogP contribution is 2.24. The zero-order valence-electron chi connectivity index (χ0n) is 9.48. The molecule has 19 heavy (non-hydrogen) atoms. The summed E-state index contributed by atoms with van der Waals surface area (Å²) in [6.07, 6.45) is 1.36. The third kappa shape index (κ3) is 3.60. The van der Waals surface area contributed by atoms with Gasteiger partial charge in [-0.3, -0.25) is 0 Å². The first-order valence-corrected chi connectivity index (χ1v) is 7.95. The minimum atomic E-state index is -3.51. The molecule has 1 aromatic heterocycles. The van der Waals surface area contributed by atoms with Gasteiger partial charge in [-0.1, -0.05) is 34.8 Å². The lowest BCUT2D eigenvalue weighted by molar-refractivity contribution is 0.595. The topological polar surface area (TPSA) is 47.0 Å². The van der Waals surface area contributed by atoms with E-state index in [0.717, 1.165) is 0 Å². The molecule has 0 N–H and O–H groups in total. The highest BCUT2D eigenvalue weighted by molar-refractivity contribution is 7.90. The van der Waals surface area contributed by atoms with E-state index in [0.29, 0.717) is 15.6 Å². The van der Waals surface area contributed by atoms with E-state index in [2.05, 4.69) is 4.98 Å². The van der Waals surface area contributed by atoms with Gasteiger partial charge in [0.15, 0.2) is 9.84 Å². The van der Waals surface area contributed by atoms with Crippen LogP contribution in [0.15, 0.2) is 41.4 Å². The molecule has 0 spiro atoms. The molecule has 0 saturated heterocycles. The number of aromatic nitrogens is 1. The van der Waals surface area contributed by atoms with E-state index in [4.69, 9.17) is 34.8 Å². The van der Waals surface area contributed by atoms with Crippen molar-refractivity contribution in [2.24, 2.45) is 0 Å². The second-order valence-corrected chi connectivity index (χ2v) is 7.04. The Morgan fingerprint density at radius 3 is 2.26 bits per heavy atom. The Balaban J connectivity index is 2.36. The minimum absolute atomic E-state index is 0.127. The predicted octanol–water partition coefficient (Wildman–Crippen LogP) is 4.02. The molecular formula is C12H8Cl3NO2S. The maximum atomic E-state index is 12.2. The van der Waals surface area contributed by atoms with Crippen molar-refractivity contribution in [2.45, 2.75) is 10.6 Å². The van der Waals surface area contributed by atoms with Crippen LogP contribution < -0.4 is 0 Å². The van der Waals surface area contributed by atoms with Gasteiger partial charge in [0.05, 0.1) is 15.7 Å². The first kappa shape index (κ1) is 14.6. The number of hydrogen-bond acceptors (Lipinski definition) is 3. The van der Waals surface area contributed by atoms with Crippen LogP contribution >= 0.6 is 34.8 Å². The molecule has 0 aliphatic carbocycles. The molecule has 0 atom stereocenters. The first-order chi connectivity index (χ1) is 8.88. The Hall–Kier alpha value is -0.810. The van der Waals surface area contributed by atoms with E-state index in [9.17, 15) is 8.42 Å². The van der Waals surface area contributed by atoms with Gasteiger partial charge in [0.1, 0.15) is 5.15 Å². The number of nitrogens with zero attached hydrogens (tertiary/aromatic N) is 1. The maximum Gasteiger partial charge on any atom is 0.182 e. The number of benzene rings is 1. The molecule has 0 aliphatic rings. The average molecular weight is 337 g/mol. The zero-order valence-corrected chi connectivity index (χ0v) is 12.6. The molecule has 7 heteroatoms. The fourth-order valence-corrected chi connectivity index (χ4v) is 3.40. The standard InChI is InChI=1S/C12H8Cl3NO2S/c13-9-1-3-11(4-2-9)19(17,18)7-8-5-10(14)6-16-12(8)15/h1-6H,7H2. The highest BCUT2D eigenvalue weighted by atomic mass is 35.5. The molecule has 3 nitrogen and oxygen atoms in total. The number of halogens is 3. The number of rotatable bonds is 3. The quantitative estimate of drug-likeness (QED) is 0.795. The molecule has 0 unspecified atom stereocenters. The van der Waals surface area contributed by atoms with E-state index in [1.165, 1.54) is 36.5 Å². The summed E-state index contributed by atoms with van der Waals surface area (Å²) < 4.78 is 24.4. The Bertz CT molecular complexity index is 699. The van der Waals surface area contributed by atoms with E-state index < -0.39 is 9.84 Å². The van der Waals surface area contributed by atoms with Gasteiger partial charge >= 0.3 is 0 Å². The third-order valence-electron chi connectivity index (χ3n) is 2.40. The summed E-state index contributed by atoms with van der Waals surface area (Å²) in [5, 5.41) is 0.939. The van der Waals surface area contributed by atoms with Crippen molar-refractivity contribution in [1.29, 1.82) is 0 Å². The highest BCUT2D eigenvalue weighted by Gasteiger charge is 2.17. The third-order valence-corrected chi connectivity index (χ3v) is 4.88. The van der Waals surface area contributed by atoms with Crippen LogP contribution in [0.5, 0.6) is 0 Å². The fraction of sp³-hybridized carbons (Fsp3) is 0.0833. The van der Waals surface area contributed by atoms with Crippen molar-refractivity contribution >= 4 is 44.6 Å². The van der Waals surface area contributed by atoms with Crippen molar-refractivity contribution in [2.75, 3.05) is 0 Å². The Kier molecular flexibility index (Phi) is 4.36. The van der Waals surface area contributed by atoms with Gasteiger partial charge in [0.25, 0.3) is 0 Å². The van der Waals surface area contributed by atoms with Crippen LogP contribution in [0.3, 0.4) is 0 Å². The van der Waals surface area contributed by atoms with Gasteiger partial charge in [-0.15, -0.1) is 0 Å². The number of pyridine rings is 1. The largest absolute Gasteiger partial charge is 0.243 e. The lowest BCUT2D eigenvalue weighted by Gasteiger charge is -2.06. The molecule has 100 valence electrons. The second-order valence-electron chi connectivity index (χ2n) is 3.82. The molecule has 2 rings (SSSR count). The SMILES string of the molecule is O=S(=O)(Cc1cc(Cl)cnc1Cl)c1ccc(Cl)cc1. The predicted molar refractivity (Wildman–Crippen MR) is 76.6 cm³/mol. The number of sulfone groups is 1. The van der Waals surface area contributed by atoms with Crippen molar-refractivity contribution in [3.8, 4) is 0 Å². The van der Waals surface area contributed by atoms with Crippen molar-refractivity contribution in [3.05, 3.63) is 57.3 Å². The summed E-state index contributed by atoms with van der Waals surface area (Å²) in [6, 6.07) is 7.43. The Labute approximate surface area is 126 Å². The van der Waals surface area contributed by atoms with Crippen LogP contribution in [-0.4, -0.2) is 13.4 Å². The Morgan fingerprint density at radius 2 is 1.63 bits per heavy atom. The van der Waals surface area contributed by atoms with E-state index >= 15 is 0 Å². The molecule has 0 amide bonds. The van der Waals surface area contributed by atoms with E-state index in [1.54, 1.807) is 0 Å². The van der Waals surface area contributed by atoms with Gasteiger partial charge < -0.3 is 0 Å². The maximum absolute atomic E-state index is 12.2.